The molecule has 3 aliphatic rings. The van der Waals surface area contributed by atoms with E-state index in [0.717, 1.165) is 32.1 Å². The molecular weight excluding hydrogens is 418 g/mol. The summed E-state index contributed by atoms with van der Waals surface area (Å²) >= 11 is 0. The molecule has 174 valence electrons. The topological polar surface area (TPSA) is 121 Å². The molecule has 3 atom stereocenters. The third-order valence-corrected chi connectivity index (χ3v) is 6.51. The van der Waals surface area contributed by atoms with E-state index in [4.69, 9.17) is 24.8 Å². The summed E-state index contributed by atoms with van der Waals surface area (Å²) in [6.45, 7) is -0.266. The number of methoxy groups -OCH3 is 3. The van der Waals surface area contributed by atoms with Gasteiger partial charge in [-0.25, -0.2) is 0 Å². The van der Waals surface area contributed by atoms with Gasteiger partial charge in [0, 0.05) is 6.04 Å². The second-order valence-corrected chi connectivity index (χ2v) is 8.34. The van der Waals surface area contributed by atoms with Crippen LogP contribution in [0.3, 0.4) is 0 Å². The lowest BCUT2D eigenvalue weighted by Crippen LogP contribution is -2.45. The molecule has 4 rings (SSSR count). The molecule has 3 amide bonds. The number of hydrogen-bond donors (Lipinski definition) is 1. The Bertz CT molecular complexity index is 890. The van der Waals surface area contributed by atoms with Crippen molar-refractivity contribution in [1.82, 2.24) is 9.96 Å². The van der Waals surface area contributed by atoms with E-state index < -0.39 is 24.0 Å². The molecule has 10 heteroatoms. The van der Waals surface area contributed by atoms with Gasteiger partial charge >= 0.3 is 0 Å². The number of fused-ring (bicyclic) bond motifs is 1. The van der Waals surface area contributed by atoms with Crippen LogP contribution in [0.5, 0.6) is 17.2 Å². The van der Waals surface area contributed by atoms with Crippen LogP contribution in [0.25, 0.3) is 0 Å². The molecule has 32 heavy (non-hydrogen) atoms. The van der Waals surface area contributed by atoms with Crippen molar-refractivity contribution in [2.24, 2.45) is 11.7 Å². The van der Waals surface area contributed by atoms with Crippen molar-refractivity contribution in [3.63, 3.8) is 0 Å². The van der Waals surface area contributed by atoms with E-state index in [-0.39, 0.29) is 24.4 Å². The molecular formula is C22H29N3O7. The van der Waals surface area contributed by atoms with Crippen LogP contribution in [0.4, 0.5) is 0 Å². The summed E-state index contributed by atoms with van der Waals surface area (Å²) in [7, 11) is 4.48. The molecule has 2 aliphatic heterocycles. The van der Waals surface area contributed by atoms with Crippen LogP contribution in [-0.2, 0) is 19.2 Å². The second-order valence-electron chi connectivity index (χ2n) is 8.34. The van der Waals surface area contributed by atoms with Gasteiger partial charge in [0.1, 0.15) is 6.54 Å². The molecule has 1 aromatic rings. The summed E-state index contributed by atoms with van der Waals surface area (Å²) in [5.41, 5.74) is 6.02. The fourth-order valence-corrected chi connectivity index (χ4v) is 5.13. The van der Waals surface area contributed by atoms with Crippen molar-refractivity contribution in [2.45, 2.75) is 50.3 Å². The molecule has 3 fully saturated rings. The first-order valence-electron chi connectivity index (χ1n) is 10.8. The molecule has 0 bridgehead atoms. The number of likely N-dealkylation sites (tertiary alicyclic amines) is 1. The Kier molecular flexibility index (Phi) is 6.25. The summed E-state index contributed by atoms with van der Waals surface area (Å²) in [6, 6.07) is 2.58. The number of primary amides is 1. The average molecular weight is 447 g/mol. The number of amides is 3. The Morgan fingerprint density at radius 3 is 2.19 bits per heavy atom. The number of nitrogens with two attached hydrogens (primary N) is 1. The Labute approximate surface area is 186 Å². The molecule has 0 aromatic heterocycles. The summed E-state index contributed by atoms with van der Waals surface area (Å²) in [5.74, 6) is -0.879. The molecule has 2 N–H and O–H groups in total. The zero-order chi connectivity index (χ0) is 23.0. The third kappa shape index (κ3) is 3.67. The number of carbonyl (C=O) groups excluding carboxylic acids is 3. The SMILES string of the molecule is COc1cc(C2C3C(=O)N(C4CCCCC4)C(=O)C3ON2CC(N)=O)cc(OC)c1OC. The van der Waals surface area contributed by atoms with Gasteiger partial charge in [-0.1, -0.05) is 19.3 Å². The van der Waals surface area contributed by atoms with E-state index in [1.165, 1.54) is 31.3 Å². The highest BCUT2D eigenvalue weighted by Crippen LogP contribution is 2.49. The van der Waals surface area contributed by atoms with Crippen molar-refractivity contribution >= 4 is 17.7 Å². The van der Waals surface area contributed by atoms with E-state index in [9.17, 15) is 14.4 Å². The van der Waals surface area contributed by atoms with Gasteiger partial charge in [-0.2, -0.15) is 5.06 Å². The van der Waals surface area contributed by atoms with Gasteiger partial charge in [-0.3, -0.25) is 24.1 Å². The number of ether oxygens (including phenoxy) is 3. The van der Waals surface area contributed by atoms with E-state index >= 15 is 0 Å². The monoisotopic (exact) mass is 447 g/mol. The van der Waals surface area contributed by atoms with Crippen LogP contribution in [0, 0.1) is 5.92 Å². The molecule has 0 spiro atoms. The predicted octanol–water partition coefficient (Wildman–Crippen LogP) is 1.17. The van der Waals surface area contributed by atoms with Crippen LogP contribution in [-0.4, -0.2) is 67.7 Å². The van der Waals surface area contributed by atoms with Gasteiger partial charge in [0.25, 0.3) is 5.91 Å². The van der Waals surface area contributed by atoms with Crippen LogP contribution < -0.4 is 19.9 Å². The number of nitrogens with zero attached hydrogens (tertiary/aromatic N) is 2. The standard InChI is InChI=1S/C22H29N3O7/c1-29-14-9-12(10-15(30-2)19(14)31-3)18-17-20(32-24(18)11-16(23)26)22(28)25(21(17)27)13-7-5-4-6-8-13/h9-10,13,17-18,20H,4-8,11H2,1-3H3,(H2,23,26). The summed E-state index contributed by atoms with van der Waals surface area (Å²) < 4.78 is 16.3. The zero-order valence-corrected chi connectivity index (χ0v) is 18.5. The largest absolute Gasteiger partial charge is 0.493 e. The van der Waals surface area contributed by atoms with Gasteiger partial charge in [-0.05, 0) is 30.5 Å². The van der Waals surface area contributed by atoms with Crippen molar-refractivity contribution in [3.8, 4) is 17.2 Å². The van der Waals surface area contributed by atoms with Gasteiger partial charge in [0.05, 0.1) is 33.3 Å². The minimum absolute atomic E-state index is 0.108. The second kappa shape index (κ2) is 8.95. The van der Waals surface area contributed by atoms with Crippen molar-refractivity contribution in [3.05, 3.63) is 17.7 Å². The van der Waals surface area contributed by atoms with Gasteiger partial charge in [-0.15, -0.1) is 0 Å². The number of hydrogen-bond acceptors (Lipinski definition) is 8. The minimum atomic E-state index is -0.993. The molecule has 1 aliphatic carbocycles. The van der Waals surface area contributed by atoms with Gasteiger partial charge in [0.15, 0.2) is 17.6 Å². The lowest BCUT2D eigenvalue weighted by molar-refractivity contribution is -0.183. The third-order valence-electron chi connectivity index (χ3n) is 6.51. The number of hydroxylamine groups is 2. The molecule has 3 unspecified atom stereocenters. The fourth-order valence-electron chi connectivity index (χ4n) is 5.13. The highest BCUT2D eigenvalue weighted by Gasteiger charge is 2.61. The smallest absolute Gasteiger partial charge is 0.261 e. The molecule has 1 aromatic carbocycles. The number of carbonyl (C=O) groups is 3. The maximum absolute atomic E-state index is 13.5. The van der Waals surface area contributed by atoms with Crippen molar-refractivity contribution in [2.75, 3.05) is 27.9 Å². The summed E-state index contributed by atoms with van der Waals surface area (Å²) in [4.78, 5) is 45.8. The highest BCUT2D eigenvalue weighted by molar-refractivity contribution is 6.07. The highest BCUT2D eigenvalue weighted by atomic mass is 16.7. The zero-order valence-electron chi connectivity index (χ0n) is 18.5. The van der Waals surface area contributed by atoms with Crippen molar-refractivity contribution < 1.29 is 33.4 Å². The summed E-state index contributed by atoms with van der Waals surface area (Å²) in [5, 5.41) is 1.33. The number of imide groups is 1. The maximum atomic E-state index is 13.5. The number of benzene rings is 1. The quantitative estimate of drug-likeness (QED) is 0.619. The van der Waals surface area contributed by atoms with Crippen LogP contribution >= 0.6 is 0 Å². The normalized spacial score (nSPS) is 26.3. The molecule has 2 heterocycles. The maximum Gasteiger partial charge on any atom is 0.261 e. The Balaban J connectivity index is 1.75. The Morgan fingerprint density at radius 1 is 1.03 bits per heavy atom. The first kappa shape index (κ1) is 22.3. The van der Waals surface area contributed by atoms with Crippen LogP contribution in [0.2, 0.25) is 0 Å². The van der Waals surface area contributed by atoms with E-state index in [0.29, 0.717) is 22.8 Å². The Morgan fingerprint density at radius 2 is 1.66 bits per heavy atom. The van der Waals surface area contributed by atoms with Crippen LogP contribution in [0.15, 0.2) is 12.1 Å². The lowest BCUT2D eigenvalue weighted by Gasteiger charge is -2.32. The van der Waals surface area contributed by atoms with Crippen molar-refractivity contribution in [1.29, 1.82) is 0 Å². The minimum Gasteiger partial charge on any atom is -0.493 e. The average Bonchev–Trinajstić information content (AvgIpc) is 3.27. The number of rotatable bonds is 7. The first-order chi connectivity index (χ1) is 15.4. The van der Waals surface area contributed by atoms with E-state index in [1.54, 1.807) is 12.1 Å². The van der Waals surface area contributed by atoms with Crippen LogP contribution in [0.1, 0.15) is 43.7 Å². The molecule has 10 nitrogen and oxygen atoms in total. The molecule has 1 saturated carbocycles. The molecule has 2 saturated heterocycles. The fraction of sp³-hybridized carbons (Fsp3) is 0.591. The first-order valence-corrected chi connectivity index (χ1v) is 10.8. The lowest BCUT2D eigenvalue weighted by atomic mass is 9.90. The predicted molar refractivity (Wildman–Crippen MR) is 112 cm³/mol. The Hall–Kier alpha value is -2.85. The van der Waals surface area contributed by atoms with E-state index in [2.05, 4.69) is 0 Å². The molecule has 0 radical (unpaired) electrons. The van der Waals surface area contributed by atoms with Gasteiger partial charge in [0.2, 0.25) is 17.6 Å². The summed E-state index contributed by atoms with van der Waals surface area (Å²) in [6.07, 6.45) is 3.70. The van der Waals surface area contributed by atoms with Gasteiger partial charge < -0.3 is 19.9 Å². The van der Waals surface area contributed by atoms with E-state index in [1.807, 2.05) is 0 Å².